The first-order chi connectivity index (χ1) is 13.1. The summed E-state index contributed by atoms with van der Waals surface area (Å²) in [7, 11) is 3.40. The molecule has 1 aromatic carbocycles. The van der Waals surface area contributed by atoms with Crippen LogP contribution in [0.3, 0.4) is 0 Å². The number of nitrogens with zero attached hydrogens (tertiary/aromatic N) is 1. The van der Waals surface area contributed by atoms with Gasteiger partial charge in [-0.15, -0.1) is 11.3 Å². The number of carbonyl (C=O) groups excluding carboxylic acids is 2. The van der Waals surface area contributed by atoms with Crippen molar-refractivity contribution in [3.8, 4) is 0 Å². The molecule has 0 aliphatic heterocycles. The molecule has 0 bridgehead atoms. The number of aryl methyl sites for hydroxylation is 1. The van der Waals surface area contributed by atoms with E-state index in [-0.39, 0.29) is 24.3 Å². The zero-order valence-electron chi connectivity index (χ0n) is 15.6. The van der Waals surface area contributed by atoms with Crippen LogP contribution in [0.15, 0.2) is 30.3 Å². The Kier molecular flexibility index (Phi) is 5.79. The molecule has 1 atom stereocenters. The molecule has 2 amide bonds. The fourth-order valence-electron chi connectivity index (χ4n) is 3.26. The number of alkyl halides is 3. The van der Waals surface area contributed by atoms with Gasteiger partial charge in [0.25, 0.3) is 5.91 Å². The number of halogens is 3. The van der Waals surface area contributed by atoms with Gasteiger partial charge in [0.05, 0.1) is 10.4 Å². The summed E-state index contributed by atoms with van der Waals surface area (Å²) in [6.07, 6.45) is -2.47. The molecule has 3 rings (SSSR count). The molecule has 1 aliphatic rings. The molecule has 8 heteroatoms. The van der Waals surface area contributed by atoms with E-state index in [0.717, 1.165) is 29.0 Å². The van der Waals surface area contributed by atoms with Crippen LogP contribution >= 0.6 is 11.3 Å². The normalized spacial score (nSPS) is 16.4. The highest BCUT2D eigenvalue weighted by molar-refractivity contribution is 7.14. The first kappa shape index (κ1) is 20.4. The molecule has 1 heterocycles. The largest absolute Gasteiger partial charge is 0.416 e. The third kappa shape index (κ3) is 4.55. The van der Waals surface area contributed by atoms with Crippen LogP contribution in [0, 0.1) is 5.92 Å². The van der Waals surface area contributed by atoms with E-state index < -0.39 is 11.7 Å². The second-order valence-corrected chi connectivity index (χ2v) is 8.25. The van der Waals surface area contributed by atoms with Crippen molar-refractivity contribution in [1.29, 1.82) is 0 Å². The van der Waals surface area contributed by atoms with Crippen molar-refractivity contribution < 1.29 is 22.8 Å². The highest BCUT2D eigenvalue weighted by atomic mass is 32.1. The molecule has 1 aliphatic carbocycles. The summed E-state index contributed by atoms with van der Waals surface area (Å²) in [5.41, 5.74) is 0.702. The van der Waals surface area contributed by atoms with Crippen molar-refractivity contribution in [2.24, 2.45) is 5.92 Å². The lowest BCUT2D eigenvalue weighted by Gasteiger charge is -2.21. The Labute approximate surface area is 165 Å². The summed E-state index contributed by atoms with van der Waals surface area (Å²) in [6, 6.07) is 6.82. The van der Waals surface area contributed by atoms with Crippen LogP contribution in [0.25, 0.3) is 0 Å². The van der Waals surface area contributed by atoms with Crippen molar-refractivity contribution in [1.82, 2.24) is 10.2 Å². The number of carbonyl (C=O) groups is 2. The molecule has 2 aromatic rings. The summed E-state index contributed by atoms with van der Waals surface area (Å²) in [5, 5.41) is 2.75. The maximum Gasteiger partial charge on any atom is 0.416 e. The van der Waals surface area contributed by atoms with Gasteiger partial charge in [0.15, 0.2) is 0 Å². The van der Waals surface area contributed by atoms with Gasteiger partial charge in [-0.3, -0.25) is 9.59 Å². The molecule has 4 nitrogen and oxygen atoms in total. The smallest absolute Gasteiger partial charge is 0.352 e. The van der Waals surface area contributed by atoms with E-state index in [0.29, 0.717) is 23.3 Å². The number of amides is 2. The van der Waals surface area contributed by atoms with Crippen LogP contribution in [0.2, 0.25) is 0 Å². The molecule has 1 aromatic heterocycles. The van der Waals surface area contributed by atoms with Crippen LogP contribution < -0.4 is 5.32 Å². The van der Waals surface area contributed by atoms with E-state index in [1.807, 2.05) is 6.07 Å². The van der Waals surface area contributed by atoms with Crippen LogP contribution in [-0.2, 0) is 30.4 Å². The quantitative estimate of drug-likeness (QED) is 0.832. The second-order valence-electron chi connectivity index (χ2n) is 7.11. The molecule has 0 spiro atoms. The predicted octanol–water partition coefficient (Wildman–Crippen LogP) is 3.89. The van der Waals surface area contributed by atoms with E-state index in [9.17, 15) is 22.8 Å². The van der Waals surface area contributed by atoms with Gasteiger partial charge in [0, 0.05) is 31.4 Å². The molecule has 0 fully saturated rings. The number of hydrogen-bond acceptors (Lipinski definition) is 3. The monoisotopic (exact) mass is 410 g/mol. The number of fused-ring (bicyclic) bond motifs is 1. The van der Waals surface area contributed by atoms with Gasteiger partial charge in [-0.05, 0) is 48.6 Å². The second kappa shape index (κ2) is 7.95. The molecule has 0 saturated carbocycles. The Bertz CT molecular complexity index is 890. The molecular weight excluding hydrogens is 389 g/mol. The minimum absolute atomic E-state index is 0.0510. The predicted molar refractivity (Wildman–Crippen MR) is 101 cm³/mol. The van der Waals surface area contributed by atoms with E-state index in [1.165, 1.54) is 22.3 Å². The number of benzene rings is 1. The van der Waals surface area contributed by atoms with Gasteiger partial charge in [0.2, 0.25) is 5.91 Å². The Morgan fingerprint density at radius 1 is 1.25 bits per heavy atom. The topological polar surface area (TPSA) is 49.4 Å². The fourth-order valence-corrected chi connectivity index (χ4v) is 4.49. The van der Waals surface area contributed by atoms with Gasteiger partial charge in [-0.1, -0.05) is 12.1 Å². The van der Waals surface area contributed by atoms with Gasteiger partial charge in [-0.2, -0.15) is 13.2 Å². The Morgan fingerprint density at radius 2 is 2.00 bits per heavy atom. The lowest BCUT2D eigenvalue weighted by molar-refractivity contribution is -0.137. The van der Waals surface area contributed by atoms with Crippen LogP contribution in [0.5, 0.6) is 0 Å². The third-order valence-electron chi connectivity index (χ3n) is 4.79. The lowest BCUT2D eigenvalue weighted by Crippen LogP contribution is -2.33. The number of rotatable bonds is 4. The lowest BCUT2D eigenvalue weighted by atomic mass is 9.87. The molecule has 0 radical (unpaired) electrons. The van der Waals surface area contributed by atoms with Crippen molar-refractivity contribution >= 4 is 23.2 Å². The zero-order valence-corrected chi connectivity index (χ0v) is 16.4. The maximum absolute atomic E-state index is 12.8. The average Bonchev–Trinajstić information content (AvgIpc) is 3.08. The zero-order chi connectivity index (χ0) is 20.5. The molecule has 0 unspecified atom stereocenters. The molecule has 1 N–H and O–H groups in total. The van der Waals surface area contributed by atoms with E-state index in [4.69, 9.17) is 0 Å². The average molecular weight is 410 g/mol. The Morgan fingerprint density at radius 3 is 2.68 bits per heavy atom. The highest BCUT2D eigenvalue weighted by Crippen LogP contribution is 2.33. The Balaban J connectivity index is 1.62. The van der Waals surface area contributed by atoms with Crippen molar-refractivity contribution in [3.05, 3.63) is 56.8 Å². The molecule has 150 valence electrons. The summed E-state index contributed by atoms with van der Waals surface area (Å²) in [6.45, 7) is 0.0557. The number of hydrogen-bond donors (Lipinski definition) is 1. The molecule has 28 heavy (non-hydrogen) atoms. The van der Waals surface area contributed by atoms with Crippen molar-refractivity contribution in [2.45, 2.75) is 32.0 Å². The maximum atomic E-state index is 12.8. The van der Waals surface area contributed by atoms with E-state index in [1.54, 1.807) is 20.2 Å². The minimum atomic E-state index is -4.40. The summed E-state index contributed by atoms with van der Waals surface area (Å²) < 4.78 is 38.4. The van der Waals surface area contributed by atoms with E-state index in [2.05, 4.69) is 5.32 Å². The highest BCUT2D eigenvalue weighted by Gasteiger charge is 2.31. The summed E-state index contributed by atoms with van der Waals surface area (Å²) >= 11 is 1.47. The third-order valence-corrected chi connectivity index (χ3v) is 6.02. The van der Waals surface area contributed by atoms with Crippen LogP contribution in [0.4, 0.5) is 13.2 Å². The summed E-state index contributed by atoms with van der Waals surface area (Å²) in [5.74, 6) is -0.463. The standard InChI is InChI=1S/C20H21F3N2O2S/c1-25(2)19(27)17-10-14-9-13(6-7-16(14)28-17)18(26)24-11-12-4-3-5-15(8-12)20(21,22)23/h3-5,8,10,13H,6-7,9,11H2,1-2H3,(H,24,26)/t13-/m0/s1. The first-order valence-electron chi connectivity index (χ1n) is 8.92. The molecular formula is C20H21F3N2O2S. The van der Waals surface area contributed by atoms with Gasteiger partial charge in [-0.25, -0.2) is 0 Å². The van der Waals surface area contributed by atoms with Crippen LogP contribution in [0.1, 0.15) is 37.7 Å². The fraction of sp³-hybridized carbons (Fsp3) is 0.400. The SMILES string of the molecule is CN(C)C(=O)c1cc2c(s1)CC[C@H](C(=O)NCc1cccc(C(F)(F)F)c1)C2. The number of nitrogens with one attached hydrogen (secondary N) is 1. The van der Waals surface area contributed by atoms with Crippen molar-refractivity contribution in [3.63, 3.8) is 0 Å². The van der Waals surface area contributed by atoms with E-state index >= 15 is 0 Å². The minimum Gasteiger partial charge on any atom is -0.352 e. The molecule has 0 saturated heterocycles. The van der Waals surface area contributed by atoms with Crippen molar-refractivity contribution in [2.75, 3.05) is 14.1 Å². The Hall–Kier alpha value is -2.35. The van der Waals surface area contributed by atoms with Crippen LogP contribution in [-0.4, -0.2) is 30.8 Å². The first-order valence-corrected chi connectivity index (χ1v) is 9.74. The van der Waals surface area contributed by atoms with Gasteiger partial charge in [0.1, 0.15) is 0 Å². The van der Waals surface area contributed by atoms with Gasteiger partial charge < -0.3 is 10.2 Å². The summed E-state index contributed by atoms with van der Waals surface area (Å²) in [4.78, 5) is 27.9. The van der Waals surface area contributed by atoms with Gasteiger partial charge >= 0.3 is 6.18 Å². The number of thiophene rings is 1.